The summed E-state index contributed by atoms with van der Waals surface area (Å²) in [6, 6.07) is 1.76. The third kappa shape index (κ3) is 2.48. The summed E-state index contributed by atoms with van der Waals surface area (Å²) in [5.41, 5.74) is 1.04. The molecule has 0 spiro atoms. The van der Waals surface area contributed by atoms with E-state index in [0.29, 0.717) is 22.5 Å². The molecule has 6 rings (SSSR count). The molecule has 11 atom stereocenters. The third-order valence-electron chi connectivity index (χ3n) is 12.1. The largest absolute Gasteiger partial charge is 0.300 e. The van der Waals surface area contributed by atoms with E-state index in [1.165, 1.54) is 57.9 Å². The van der Waals surface area contributed by atoms with Crippen LogP contribution in [0.15, 0.2) is 0 Å². The molecule has 6 aliphatic rings. The normalized spacial score (nSPS) is 59.4. The Bertz CT molecular complexity index is 703. The van der Waals surface area contributed by atoms with Crippen LogP contribution in [0.3, 0.4) is 0 Å². The molecule has 0 aromatic rings. The van der Waals surface area contributed by atoms with Crippen LogP contribution in [0.1, 0.15) is 91.9 Å². The second-order valence-corrected chi connectivity index (χ2v) is 13.1. The molecule has 2 heterocycles. The fourth-order valence-electron chi connectivity index (χ4n) is 10.8. The van der Waals surface area contributed by atoms with Gasteiger partial charge in [0, 0.05) is 31.5 Å². The molecule has 0 aromatic heterocycles. The number of nitrogens with zero attached hydrogens (tertiary/aromatic N) is 1. The summed E-state index contributed by atoms with van der Waals surface area (Å²) in [5, 5.41) is 0. The van der Waals surface area contributed by atoms with Gasteiger partial charge in [-0.25, -0.2) is 0 Å². The number of carbonyl (C=O) groups excluding carboxylic acids is 1. The molecular weight excluding hydrogens is 354 g/mol. The molecule has 2 aliphatic heterocycles. The lowest BCUT2D eigenvalue weighted by molar-refractivity contribution is -0.140. The predicted molar refractivity (Wildman–Crippen MR) is 117 cm³/mol. The summed E-state index contributed by atoms with van der Waals surface area (Å²) in [5.74, 6) is 6.80. The maximum absolute atomic E-state index is 12.2. The van der Waals surface area contributed by atoms with Crippen molar-refractivity contribution in [3.05, 3.63) is 0 Å². The fraction of sp³-hybridized carbons (Fsp3) is 0.963. The number of carbonyl (C=O) groups is 1. The molecule has 2 heteroatoms. The van der Waals surface area contributed by atoms with Gasteiger partial charge in [-0.05, 0) is 104 Å². The monoisotopic (exact) mass is 397 g/mol. The van der Waals surface area contributed by atoms with E-state index in [1.54, 1.807) is 0 Å². The van der Waals surface area contributed by atoms with Crippen LogP contribution in [0.4, 0.5) is 0 Å². The van der Waals surface area contributed by atoms with E-state index in [9.17, 15) is 4.79 Å². The van der Waals surface area contributed by atoms with Crippen LogP contribution in [-0.4, -0.2) is 29.3 Å². The minimum atomic E-state index is 0.462. The highest BCUT2D eigenvalue weighted by molar-refractivity contribution is 5.79. The van der Waals surface area contributed by atoms with Gasteiger partial charge < -0.3 is 0 Å². The molecular formula is C27H43NO. The van der Waals surface area contributed by atoms with E-state index in [0.717, 1.165) is 60.4 Å². The molecule has 0 amide bonds. The van der Waals surface area contributed by atoms with Crippen LogP contribution in [0.5, 0.6) is 0 Å². The van der Waals surface area contributed by atoms with Crippen molar-refractivity contribution in [1.29, 1.82) is 0 Å². The second-order valence-electron chi connectivity index (χ2n) is 13.1. The van der Waals surface area contributed by atoms with Crippen molar-refractivity contribution in [2.45, 2.75) is 104 Å². The van der Waals surface area contributed by atoms with Crippen LogP contribution in [0.2, 0.25) is 0 Å². The van der Waals surface area contributed by atoms with Gasteiger partial charge >= 0.3 is 0 Å². The smallest absolute Gasteiger partial charge is 0.133 e. The number of hydrogen-bond acceptors (Lipinski definition) is 2. The van der Waals surface area contributed by atoms with E-state index in [2.05, 4.69) is 32.6 Å². The van der Waals surface area contributed by atoms with Crippen LogP contribution in [-0.2, 0) is 4.79 Å². The van der Waals surface area contributed by atoms with E-state index in [-0.39, 0.29) is 0 Å². The van der Waals surface area contributed by atoms with Crippen LogP contribution in [0.25, 0.3) is 0 Å². The molecule has 0 unspecified atom stereocenters. The van der Waals surface area contributed by atoms with Gasteiger partial charge in [0.25, 0.3) is 0 Å². The van der Waals surface area contributed by atoms with Gasteiger partial charge in [0.15, 0.2) is 0 Å². The lowest BCUT2D eigenvalue weighted by atomic mass is 9.44. The Morgan fingerprint density at radius 2 is 1.72 bits per heavy atom. The van der Waals surface area contributed by atoms with Crippen molar-refractivity contribution in [3.8, 4) is 0 Å². The first-order chi connectivity index (χ1) is 13.8. The second kappa shape index (κ2) is 6.33. The van der Waals surface area contributed by atoms with Gasteiger partial charge in [-0.2, -0.15) is 0 Å². The third-order valence-corrected chi connectivity index (χ3v) is 12.1. The van der Waals surface area contributed by atoms with E-state index >= 15 is 0 Å². The molecule has 29 heavy (non-hydrogen) atoms. The Hall–Kier alpha value is -0.370. The Kier molecular flexibility index (Phi) is 4.22. The fourth-order valence-corrected chi connectivity index (χ4v) is 10.8. The molecule has 4 saturated carbocycles. The summed E-state index contributed by atoms with van der Waals surface area (Å²) in [4.78, 5) is 15.2. The topological polar surface area (TPSA) is 20.3 Å². The van der Waals surface area contributed by atoms with Gasteiger partial charge in [0.05, 0.1) is 0 Å². The van der Waals surface area contributed by atoms with Crippen molar-refractivity contribution in [1.82, 2.24) is 4.90 Å². The molecule has 2 nitrogen and oxygen atoms in total. The summed E-state index contributed by atoms with van der Waals surface area (Å²) in [6.45, 7) is 11.8. The first kappa shape index (κ1) is 19.3. The summed E-state index contributed by atoms with van der Waals surface area (Å²) in [7, 11) is 0. The average Bonchev–Trinajstić information content (AvgIpc) is 3.15. The SMILES string of the molecule is C[C@H]1CC[C@@H]2[C@@H](C)[C@@H]3[C@@H](C[C@@H]4[C@H]5CC[C@H]6CC(=O)CC[C@]6(C)[C@@H]5CC[C@]34C)N2C1. The Morgan fingerprint density at radius 1 is 0.897 bits per heavy atom. The zero-order valence-electron chi connectivity index (χ0n) is 19.3. The van der Waals surface area contributed by atoms with Gasteiger partial charge in [-0.3, -0.25) is 9.69 Å². The number of Topliss-reactive ketones (excluding diaryl/α,β-unsaturated/α-hetero) is 1. The van der Waals surface area contributed by atoms with Crippen LogP contribution < -0.4 is 0 Å². The molecule has 0 N–H and O–H groups in total. The zero-order chi connectivity index (χ0) is 20.1. The Morgan fingerprint density at radius 3 is 2.55 bits per heavy atom. The van der Waals surface area contributed by atoms with Crippen LogP contribution >= 0.6 is 0 Å². The lowest BCUT2D eigenvalue weighted by Gasteiger charge is -2.60. The Balaban J connectivity index is 1.31. The highest BCUT2D eigenvalue weighted by Gasteiger charge is 2.66. The molecule has 2 saturated heterocycles. The molecule has 4 aliphatic carbocycles. The predicted octanol–water partition coefficient (Wildman–Crippen LogP) is 5.94. The van der Waals surface area contributed by atoms with Crippen molar-refractivity contribution < 1.29 is 4.79 Å². The van der Waals surface area contributed by atoms with E-state index in [1.807, 2.05) is 0 Å². The first-order valence-corrected chi connectivity index (χ1v) is 13.1. The van der Waals surface area contributed by atoms with Crippen molar-refractivity contribution in [2.24, 2.45) is 52.3 Å². The molecule has 162 valence electrons. The first-order valence-electron chi connectivity index (χ1n) is 13.1. The lowest BCUT2D eigenvalue weighted by Crippen LogP contribution is -2.54. The molecule has 6 fully saturated rings. The molecule has 0 aromatic carbocycles. The van der Waals surface area contributed by atoms with Crippen molar-refractivity contribution >= 4 is 5.78 Å². The number of hydrogen-bond donors (Lipinski definition) is 0. The van der Waals surface area contributed by atoms with Gasteiger partial charge in [-0.1, -0.05) is 27.7 Å². The van der Waals surface area contributed by atoms with Gasteiger partial charge in [0.2, 0.25) is 0 Å². The minimum absolute atomic E-state index is 0.462. The number of ketones is 1. The van der Waals surface area contributed by atoms with Crippen LogP contribution in [0, 0.1) is 52.3 Å². The number of piperidine rings is 1. The minimum Gasteiger partial charge on any atom is -0.300 e. The highest BCUT2D eigenvalue weighted by Crippen LogP contribution is 2.70. The number of rotatable bonds is 0. The molecule has 0 radical (unpaired) electrons. The highest BCUT2D eigenvalue weighted by atomic mass is 16.1. The standard InChI is InChI=1S/C27H43NO/c1-16-5-8-23-17(2)25-24(28(23)15-16)14-22-20-7-6-18-13-19(29)9-11-26(18,3)21(20)10-12-27(22,25)4/h16-18,20-25H,5-15H2,1-4H3/t16-,17+,18-,20-,21+,22+,23+,24+,25+,26-,27-/m0/s1. The van der Waals surface area contributed by atoms with E-state index < -0.39 is 0 Å². The summed E-state index contributed by atoms with van der Waals surface area (Å²) in [6.07, 6.45) is 13.0. The maximum Gasteiger partial charge on any atom is 0.133 e. The van der Waals surface area contributed by atoms with E-state index in [4.69, 9.17) is 0 Å². The zero-order valence-corrected chi connectivity index (χ0v) is 19.3. The maximum atomic E-state index is 12.2. The van der Waals surface area contributed by atoms with Crippen molar-refractivity contribution in [2.75, 3.05) is 6.54 Å². The number of fused-ring (bicyclic) bond motifs is 9. The van der Waals surface area contributed by atoms with Gasteiger partial charge in [-0.15, -0.1) is 0 Å². The summed E-state index contributed by atoms with van der Waals surface area (Å²) < 4.78 is 0. The van der Waals surface area contributed by atoms with Gasteiger partial charge in [0.1, 0.15) is 5.78 Å². The van der Waals surface area contributed by atoms with Crippen molar-refractivity contribution in [3.63, 3.8) is 0 Å². The average molecular weight is 398 g/mol. The molecule has 0 bridgehead atoms. The quantitative estimate of drug-likeness (QED) is 0.504. The summed E-state index contributed by atoms with van der Waals surface area (Å²) >= 11 is 0. The Labute approximate surface area is 178 Å².